The fourth-order valence-electron chi connectivity index (χ4n) is 0.920. The zero-order valence-corrected chi connectivity index (χ0v) is 7.23. The normalized spacial score (nSPS) is 8.45. The average Bonchev–Trinajstić information content (AvgIpc) is 2.03. The number of carbonyl (C=O) groups excluding carboxylic acids is 1. The summed E-state index contributed by atoms with van der Waals surface area (Å²) in [6.07, 6.45) is 7.33. The second kappa shape index (κ2) is 9.23. The lowest BCUT2D eigenvalue weighted by atomic mass is 10.1. The molecule has 0 saturated heterocycles. The smallest absolute Gasteiger partial charge is 0.119 e. The first-order chi connectivity index (χ1) is 5.41. The minimum absolute atomic E-state index is 0.722. The van der Waals surface area contributed by atoms with Crippen molar-refractivity contribution >= 4 is 6.29 Å². The van der Waals surface area contributed by atoms with Crippen molar-refractivity contribution < 1.29 is 4.79 Å². The lowest BCUT2D eigenvalue weighted by molar-refractivity contribution is -0.107. The summed E-state index contributed by atoms with van der Waals surface area (Å²) in [5, 5.41) is 0. The van der Waals surface area contributed by atoms with Crippen LogP contribution in [0.2, 0.25) is 0 Å². The molecule has 0 aliphatic rings. The van der Waals surface area contributed by atoms with Crippen molar-refractivity contribution in [2.24, 2.45) is 0 Å². The minimum Gasteiger partial charge on any atom is -0.303 e. The van der Waals surface area contributed by atoms with Crippen LogP contribution in [0.25, 0.3) is 0 Å². The van der Waals surface area contributed by atoms with Gasteiger partial charge in [-0.25, -0.2) is 0 Å². The maximum Gasteiger partial charge on any atom is 0.119 e. The van der Waals surface area contributed by atoms with E-state index in [1.807, 2.05) is 6.92 Å². The van der Waals surface area contributed by atoms with E-state index in [9.17, 15) is 4.79 Å². The summed E-state index contributed by atoms with van der Waals surface area (Å²) in [6.45, 7) is 1.87. The zero-order chi connectivity index (χ0) is 8.36. The van der Waals surface area contributed by atoms with Crippen molar-refractivity contribution in [3.8, 4) is 11.8 Å². The van der Waals surface area contributed by atoms with Crippen molar-refractivity contribution in [2.75, 3.05) is 0 Å². The SMILES string of the molecule is CC#CCCCCCCC=O. The van der Waals surface area contributed by atoms with Crippen LogP contribution in [0.5, 0.6) is 0 Å². The van der Waals surface area contributed by atoms with Crippen molar-refractivity contribution in [1.82, 2.24) is 0 Å². The zero-order valence-electron chi connectivity index (χ0n) is 7.23. The first kappa shape index (κ1) is 10.2. The molecule has 0 aliphatic heterocycles. The molecule has 0 radical (unpaired) electrons. The van der Waals surface area contributed by atoms with E-state index in [4.69, 9.17) is 0 Å². The monoisotopic (exact) mass is 152 g/mol. The van der Waals surface area contributed by atoms with E-state index in [0.29, 0.717) is 0 Å². The molecule has 0 fully saturated rings. The number of rotatable bonds is 6. The molecule has 0 aromatic rings. The number of aldehydes is 1. The lowest BCUT2D eigenvalue weighted by Crippen LogP contribution is -1.78. The van der Waals surface area contributed by atoms with Crippen LogP contribution in [-0.2, 0) is 4.79 Å². The Morgan fingerprint density at radius 2 is 1.91 bits per heavy atom. The quantitative estimate of drug-likeness (QED) is 0.325. The molecule has 0 aliphatic carbocycles. The molecule has 0 rings (SSSR count). The van der Waals surface area contributed by atoms with Gasteiger partial charge in [0, 0.05) is 12.8 Å². The van der Waals surface area contributed by atoms with Crippen LogP contribution in [0, 0.1) is 11.8 Å². The van der Waals surface area contributed by atoms with Crippen LogP contribution >= 0.6 is 0 Å². The summed E-state index contributed by atoms with van der Waals surface area (Å²) < 4.78 is 0. The molecule has 0 N–H and O–H groups in total. The third-order valence-corrected chi connectivity index (χ3v) is 1.55. The van der Waals surface area contributed by atoms with E-state index in [1.54, 1.807) is 0 Å². The highest BCUT2D eigenvalue weighted by Gasteiger charge is 1.87. The molecule has 0 aromatic carbocycles. The summed E-state index contributed by atoms with van der Waals surface area (Å²) >= 11 is 0. The second-order valence-electron chi connectivity index (χ2n) is 2.55. The van der Waals surface area contributed by atoms with Gasteiger partial charge in [-0.1, -0.05) is 12.8 Å². The van der Waals surface area contributed by atoms with Gasteiger partial charge in [0.1, 0.15) is 6.29 Å². The maximum atomic E-state index is 9.92. The summed E-state index contributed by atoms with van der Waals surface area (Å²) in [4.78, 5) is 9.92. The van der Waals surface area contributed by atoms with E-state index in [-0.39, 0.29) is 0 Å². The molecule has 0 saturated carbocycles. The van der Waals surface area contributed by atoms with Gasteiger partial charge in [-0.3, -0.25) is 0 Å². The van der Waals surface area contributed by atoms with Gasteiger partial charge >= 0.3 is 0 Å². The van der Waals surface area contributed by atoms with Crippen molar-refractivity contribution in [3.05, 3.63) is 0 Å². The third-order valence-electron chi connectivity index (χ3n) is 1.55. The summed E-state index contributed by atoms with van der Waals surface area (Å²) in [5.74, 6) is 5.88. The Balaban J connectivity index is 2.88. The molecular formula is C10H16O. The first-order valence-corrected chi connectivity index (χ1v) is 4.25. The molecular weight excluding hydrogens is 136 g/mol. The molecule has 0 bridgehead atoms. The molecule has 0 spiro atoms. The Hall–Kier alpha value is -0.770. The fraction of sp³-hybridized carbons (Fsp3) is 0.700. The van der Waals surface area contributed by atoms with Crippen LogP contribution in [-0.4, -0.2) is 6.29 Å². The van der Waals surface area contributed by atoms with E-state index in [1.165, 1.54) is 19.3 Å². The summed E-state index contributed by atoms with van der Waals surface area (Å²) in [6, 6.07) is 0. The Kier molecular flexibility index (Phi) is 8.58. The van der Waals surface area contributed by atoms with Gasteiger partial charge < -0.3 is 4.79 Å². The van der Waals surface area contributed by atoms with Crippen molar-refractivity contribution in [1.29, 1.82) is 0 Å². The largest absolute Gasteiger partial charge is 0.303 e. The maximum absolute atomic E-state index is 9.92. The van der Waals surface area contributed by atoms with Gasteiger partial charge in [0.15, 0.2) is 0 Å². The standard InChI is InChI=1S/C10H16O/c1-2-3-4-5-6-7-8-9-10-11/h10H,4-9H2,1H3. The van der Waals surface area contributed by atoms with Crippen LogP contribution in [0.1, 0.15) is 45.4 Å². The highest BCUT2D eigenvalue weighted by Crippen LogP contribution is 2.03. The van der Waals surface area contributed by atoms with Crippen LogP contribution in [0.15, 0.2) is 0 Å². The fourth-order valence-corrected chi connectivity index (χ4v) is 0.920. The Labute approximate surface area is 69.2 Å². The molecule has 1 heteroatoms. The van der Waals surface area contributed by atoms with Crippen LogP contribution in [0.4, 0.5) is 0 Å². The Bertz CT molecular complexity index is 139. The van der Waals surface area contributed by atoms with Gasteiger partial charge in [-0.2, -0.15) is 0 Å². The van der Waals surface area contributed by atoms with E-state index in [0.717, 1.165) is 25.5 Å². The molecule has 1 nitrogen and oxygen atoms in total. The topological polar surface area (TPSA) is 17.1 Å². The molecule has 0 aromatic heterocycles. The Morgan fingerprint density at radius 3 is 2.55 bits per heavy atom. The summed E-state index contributed by atoms with van der Waals surface area (Å²) in [7, 11) is 0. The van der Waals surface area contributed by atoms with Crippen molar-refractivity contribution in [3.63, 3.8) is 0 Å². The first-order valence-electron chi connectivity index (χ1n) is 4.25. The van der Waals surface area contributed by atoms with E-state index >= 15 is 0 Å². The molecule has 0 amide bonds. The Morgan fingerprint density at radius 1 is 1.18 bits per heavy atom. The third kappa shape index (κ3) is 9.23. The van der Waals surface area contributed by atoms with Crippen LogP contribution < -0.4 is 0 Å². The molecule has 0 heterocycles. The lowest BCUT2D eigenvalue weighted by Gasteiger charge is -1.93. The number of carbonyl (C=O) groups is 1. The average molecular weight is 152 g/mol. The predicted octanol–water partition coefficient (Wildman–Crippen LogP) is 2.55. The van der Waals surface area contributed by atoms with Gasteiger partial charge in [-0.05, 0) is 19.8 Å². The van der Waals surface area contributed by atoms with Gasteiger partial charge in [0.2, 0.25) is 0 Å². The minimum atomic E-state index is 0.722. The van der Waals surface area contributed by atoms with Gasteiger partial charge in [-0.15, -0.1) is 11.8 Å². The predicted molar refractivity (Wildman–Crippen MR) is 47.2 cm³/mol. The highest BCUT2D eigenvalue weighted by molar-refractivity contribution is 5.48. The number of unbranched alkanes of at least 4 members (excludes halogenated alkanes) is 5. The second-order valence-corrected chi connectivity index (χ2v) is 2.55. The van der Waals surface area contributed by atoms with E-state index < -0.39 is 0 Å². The molecule has 62 valence electrons. The van der Waals surface area contributed by atoms with Gasteiger partial charge in [0.25, 0.3) is 0 Å². The van der Waals surface area contributed by atoms with E-state index in [2.05, 4.69) is 11.8 Å². The summed E-state index contributed by atoms with van der Waals surface area (Å²) in [5.41, 5.74) is 0. The highest BCUT2D eigenvalue weighted by atomic mass is 16.1. The number of hydrogen-bond donors (Lipinski definition) is 0. The number of hydrogen-bond acceptors (Lipinski definition) is 1. The van der Waals surface area contributed by atoms with Gasteiger partial charge in [0.05, 0.1) is 0 Å². The van der Waals surface area contributed by atoms with Crippen LogP contribution in [0.3, 0.4) is 0 Å². The van der Waals surface area contributed by atoms with Crippen molar-refractivity contribution in [2.45, 2.75) is 45.4 Å². The molecule has 0 atom stereocenters. The molecule has 11 heavy (non-hydrogen) atoms. The molecule has 0 unspecified atom stereocenters.